The molecule has 1 aromatic rings. The lowest BCUT2D eigenvalue weighted by Gasteiger charge is -2.12. The number of carboxylic acid groups (broad SMARTS) is 1. The van der Waals surface area contributed by atoms with Crippen LogP contribution in [0, 0.1) is 5.82 Å². The van der Waals surface area contributed by atoms with Gasteiger partial charge in [0.2, 0.25) is 0 Å². The van der Waals surface area contributed by atoms with Crippen LogP contribution >= 0.6 is 0 Å². The lowest BCUT2D eigenvalue weighted by atomic mass is 10.3. The van der Waals surface area contributed by atoms with Gasteiger partial charge in [-0.1, -0.05) is 0 Å². The maximum atomic E-state index is 12.6. The van der Waals surface area contributed by atoms with E-state index in [0.29, 0.717) is 18.6 Å². The van der Waals surface area contributed by atoms with Gasteiger partial charge in [0.05, 0.1) is 0 Å². The van der Waals surface area contributed by atoms with Gasteiger partial charge >= 0.3 is 5.97 Å². The molecule has 1 fully saturated rings. The molecule has 0 aromatic heterocycles. The first kappa shape index (κ1) is 12.3. The van der Waals surface area contributed by atoms with E-state index in [1.165, 1.54) is 24.3 Å². The van der Waals surface area contributed by atoms with Crippen molar-refractivity contribution in [3.63, 3.8) is 0 Å². The van der Waals surface area contributed by atoms with E-state index in [2.05, 4.69) is 5.32 Å². The van der Waals surface area contributed by atoms with Gasteiger partial charge in [0, 0.05) is 0 Å². The average Bonchev–Trinajstić information content (AvgIpc) is 3.09. The van der Waals surface area contributed by atoms with Crippen LogP contribution in [0.3, 0.4) is 0 Å². The predicted molar refractivity (Wildman–Crippen MR) is 59.6 cm³/mol. The van der Waals surface area contributed by atoms with Gasteiger partial charge in [-0.05, 0) is 37.1 Å². The largest absolute Gasteiger partial charge is 0.484 e. The summed E-state index contributed by atoms with van der Waals surface area (Å²) in [6, 6.07) is 5.22. The molecule has 1 aromatic carbocycles. The second-order valence-corrected chi connectivity index (χ2v) is 4.18. The molecule has 2 rings (SSSR count). The Labute approximate surface area is 103 Å². The van der Waals surface area contributed by atoms with E-state index in [1.807, 2.05) is 0 Å². The van der Waals surface area contributed by atoms with Crippen LogP contribution in [0.4, 0.5) is 4.39 Å². The van der Waals surface area contributed by atoms with Crippen molar-refractivity contribution < 1.29 is 23.8 Å². The fraction of sp³-hybridized carbons (Fsp3) is 0.333. The third-order valence-corrected chi connectivity index (χ3v) is 2.72. The van der Waals surface area contributed by atoms with Gasteiger partial charge in [0.25, 0.3) is 5.91 Å². The van der Waals surface area contributed by atoms with E-state index in [0.717, 1.165) is 0 Å². The molecule has 0 bridgehead atoms. The third-order valence-electron chi connectivity index (χ3n) is 2.72. The third kappa shape index (κ3) is 2.77. The van der Waals surface area contributed by atoms with Crippen molar-refractivity contribution in [2.45, 2.75) is 18.4 Å². The van der Waals surface area contributed by atoms with E-state index in [4.69, 9.17) is 9.84 Å². The summed E-state index contributed by atoms with van der Waals surface area (Å²) < 4.78 is 17.7. The van der Waals surface area contributed by atoms with E-state index in [1.54, 1.807) is 0 Å². The Morgan fingerprint density at radius 3 is 2.44 bits per heavy atom. The molecule has 1 aliphatic rings. The molecule has 0 aliphatic heterocycles. The van der Waals surface area contributed by atoms with Crippen LogP contribution in [0.5, 0.6) is 5.75 Å². The molecule has 5 nitrogen and oxygen atoms in total. The van der Waals surface area contributed by atoms with Crippen LogP contribution in [-0.2, 0) is 9.59 Å². The van der Waals surface area contributed by atoms with E-state index in [9.17, 15) is 14.0 Å². The van der Waals surface area contributed by atoms with Gasteiger partial charge in [-0.15, -0.1) is 0 Å². The zero-order chi connectivity index (χ0) is 13.2. The SMILES string of the molecule is O=C(COc1ccc(F)cc1)NC1(C(=O)O)CC1. The molecule has 1 saturated carbocycles. The van der Waals surface area contributed by atoms with E-state index >= 15 is 0 Å². The maximum absolute atomic E-state index is 12.6. The Balaban J connectivity index is 1.82. The maximum Gasteiger partial charge on any atom is 0.329 e. The van der Waals surface area contributed by atoms with Gasteiger partial charge in [-0.2, -0.15) is 0 Å². The van der Waals surface area contributed by atoms with Crippen molar-refractivity contribution in [1.29, 1.82) is 0 Å². The Morgan fingerprint density at radius 2 is 1.94 bits per heavy atom. The fourth-order valence-corrected chi connectivity index (χ4v) is 1.50. The van der Waals surface area contributed by atoms with Crippen molar-refractivity contribution in [1.82, 2.24) is 5.32 Å². The number of carbonyl (C=O) groups excluding carboxylic acids is 1. The van der Waals surface area contributed by atoms with Gasteiger partial charge in [-0.25, -0.2) is 9.18 Å². The van der Waals surface area contributed by atoms with Crippen LogP contribution in [0.15, 0.2) is 24.3 Å². The van der Waals surface area contributed by atoms with Crippen LogP contribution in [-0.4, -0.2) is 29.1 Å². The molecular weight excluding hydrogens is 241 g/mol. The first-order chi connectivity index (χ1) is 8.52. The van der Waals surface area contributed by atoms with Crippen LogP contribution < -0.4 is 10.1 Å². The summed E-state index contributed by atoms with van der Waals surface area (Å²) in [4.78, 5) is 22.3. The lowest BCUT2D eigenvalue weighted by Crippen LogP contribution is -2.45. The second-order valence-electron chi connectivity index (χ2n) is 4.18. The number of amides is 1. The number of carboxylic acids is 1. The highest BCUT2D eigenvalue weighted by Crippen LogP contribution is 2.35. The summed E-state index contributed by atoms with van der Waals surface area (Å²) in [6.07, 6.45) is 0.870. The molecule has 2 N–H and O–H groups in total. The highest BCUT2D eigenvalue weighted by molar-refractivity contribution is 5.90. The summed E-state index contributed by atoms with van der Waals surface area (Å²) in [7, 11) is 0. The van der Waals surface area contributed by atoms with E-state index in [-0.39, 0.29) is 6.61 Å². The number of benzene rings is 1. The number of carbonyl (C=O) groups is 2. The number of halogens is 1. The van der Waals surface area contributed by atoms with Crippen molar-refractivity contribution >= 4 is 11.9 Å². The molecule has 1 aliphatic carbocycles. The molecule has 1 amide bonds. The van der Waals surface area contributed by atoms with Crippen molar-refractivity contribution in [2.24, 2.45) is 0 Å². The normalized spacial score (nSPS) is 15.8. The molecule has 0 saturated heterocycles. The molecule has 0 radical (unpaired) electrons. The second kappa shape index (κ2) is 4.64. The monoisotopic (exact) mass is 253 g/mol. The van der Waals surface area contributed by atoms with Crippen molar-refractivity contribution in [3.8, 4) is 5.75 Å². The minimum absolute atomic E-state index is 0.291. The summed E-state index contributed by atoms with van der Waals surface area (Å²) in [5, 5.41) is 11.3. The molecule has 6 heteroatoms. The number of hydrogen-bond donors (Lipinski definition) is 2. The molecule has 18 heavy (non-hydrogen) atoms. The Kier molecular flexibility index (Phi) is 3.18. The predicted octanol–water partition coefficient (Wildman–Crippen LogP) is 0.938. The molecule has 96 valence electrons. The number of aliphatic carboxylic acids is 1. The number of hydrogen-bond acceptors (Lipinski definition) is 3. The summed E-state index contributed by atoms with van der Waals surface area (Å²) in [6.45, 7) is -0.291. The zero-order valence-electron chi connectivity index (χ0n) is 9.48. The topological polar surface area (TPSA) is 75.6 Å². The summed E-state index contributed by atoms with van der Waals surface area (Å²) in [5.41, 5.74) is -1.11. The van der Waals surface area contributed by atoms with Crippen molar-refractivity contribution in [2.75, 3.05) is 6.61 Å². The highest BCUT2D eigenvalue weighted by Gasteiger charge is 2.51. The number of ether oxygens (including phenoxy) is 1. The Morgan fingerprint density at radius 1 is 1.33 bits per heavy atom. The Hall–Kier alpha value is -2.11. The van der Waals surface area contributed by atoms with Gasteiger partial charge in [-0.3, -0.25) is 4.79 Å². The molecular formula is C12H12FNO4. The minimum atomic E-state index is -1.11. The highest BCUT2D eigenvalue weighted by atomic mass is 19.1. The average molecular weight is 253 g/mol. The van der Waals surface area contributed by atoms with Gasteiger partial charge in [0.15, 0.2) is 6.61 Å². The quantitative estimate of drug-likeness (QED) is 0.818. The van der Waals surface area contributed by atoms with Crippen LogP contribution in [0.2, 0.25) is 0 Å². The fourth-order valence-electron chi connectivity index (χ4n) is 1.50. The molecule has 0 heterocycles. The minimum Gasteiger partial charge on any atom is -0.484 e. The lowest BCUT2D eigenvalue weighted by molar-refractivity contribution is -0.143. The van der Waals surface area contributed by atoms with Gasteiger partial charge in [0.1, 0.15) is 17.1 Å². The first-order valence-electron chi connectivity index (χ1n) is 5.45. The number of rotatable bonds is 5. The summed E-state index contributed by atoms with van der Waals surface area (Å²) >= 11 is 0. The van der Waals surface area contributed by atoms with E-state index < -0.39 is 23.2 Å². The molecule has 0 atom stereocenters. The first-order valence-corrected chi connectivity index (χ1v) is 5.45. The Bertz CT molecular complexity index is 467. The molecule has 0 spiro atoms. The van der Waals surface area contributed by atoms with Crippen molar-refractivity contribution in [3.05, 3.63) is 30.1 Å². The number of nitrogens with one attached hydrogen (secondary N) is 1. The zero-order valence-corrected chi connectivity index (χ0v) is 9.48. The molecule has 0 unspecified atom stereocenters. The van der Waals surface area contributed by atoms with Crippen LogP contribution in [0.1, 0.15) is 12.8 Å². The smallest absolute Gasteiger partial charge is 0.329 e. The van der Waals surface area contributed by atoms with Gasteiger partial charge < -0.3 is 15.2 Å². The summed E-state index contributed by atoms with van der Waals surface area (Å²) in [5.74, 6) is -1.57. The standard InChI is InChI=1S/C12H12FNO4/c13-8-1-3-9(4-2-8)18-7-10(15)14-12(5-6-12)11(16)17/h1-4H,5-7H2,(H,14,15)(H,16,17). The van der Waals surface area contributed by atoms with Crippen LogP contribution in [0.25, 0.3) is 0 Å².